The average Bonchev–Trinajstić information content (AvgIpc) is 3.26. The molecule has 1 saturated carbocycles. The highest BCUT2D eigenvalue weighted by Gasteiger charge is 2.39. The van der Waals surface area contributed by atoms with Gasteiger partial charge in [0.2, 0.25) is 11.8 Å². The van der Waals surface area contributed by atoms with Crippen molar-refractivity contribution >= 4 is 17.7 Å². The van der Waals surface area contributed by atoms with E-state index in [4.69, 9.17) is 5.73 Å². The summed E-state index contributed by atoms with van der Waals surface area (Å²) in [5, 5.41) is 5.94. The third kappa shape index (κ3) is 3.37. The van der Waals surface area contributed by atoms with Crippen LogP contribution in [0.5, 0.6) is 0 Å². The van der Waals surface area contributed by atoms with Gasteiger partial charge < -0.3 is 16.0 Å². The van der Waals surface area contributed by atoms with Crippen LogP contribution in [0.4, 0.5) is 0 Å². The Balaban J connectivity index is 1.46. The van der Waals surface area contributed by atoms with Crippen molar-refractivity contribution in [1.82, 2.24) is 15.5 Å². The van der Waals surface area contributed by atoms with Gasteiger partial charge in [-0.25, -0.2) is 0 Å². The quantitative estimate of drug-likeness (QED) is 0.666. The molecule has 2 aliphatic heterocycles. The van der Waals surface area contributed by atoms with Crippen LogP contribution < -0.4 is 16.4 Å². The zero-order valence-electron chi connectivity index (χ0n) is 15.4. The van der Waals surface area contributed by atoms with Crippen LogP contribution in [0.15, 0.2) is 18.2 Å². The molecule has 3 aliphatic rings. The van der Waals surface area contributed by atoms with E-state index >= 15 is 0 Å². The minimum absolute atomic E-state index is 0.0157. The zero-order valence-corrected chi connectivity index (χ0v) is 15.4. The molecule has 4 N–H and O–H groups in total. The Morgan fingerprint density at radius 1 is 1.22 bits per heavy atom. The molecule has 1 unspecified atom stereocenters. The molecule has 1 aromatic rings. The van der Waals surface area contributed by atoms with E-state index in [1.807, 2.05) is 18.2 Å². The zero-order chi connectivity index (χ0) is 19.0. The predicted octanol–water partition coefficient (Wildman–Crippen LogP) is 0.809. The molecule has 0 bridgehead atoms. The first-order valence-electron chi connectivity index (χ1n) is 9.73. The van der Waals surface area contributed by atoms with Crippen LogP contribution in [0, 0.1) is 0 Å². The number of nitrogens with two attached hydrogens (primary N) is 1. The highest BCUT2D eigenvalue weighted by Crippen LogP contribution is 2.30. The molecule has 27 heavy (non-hydrogen) atoms. The first kappa shape index (κ1) is 18.1. The largest absolute Gasteiger partial charge is 0.329 e. The Hall–Kier alpha value is -2.25. The standard InChI is InChI=1S/C20H26N4O3/c21-12-20(7-1-2-8-20)22-10-13-3-4-14-11-24(19(27)15(14)9-13)16-5-6-17(25)23-18(16)26/h3-4,9,16,22H,1-2,5-8,10-12,21H2,(H,23,25,26). The molecule has 3 amide bonds. The third-order valence-corrected chi connectivity index (χ3v) is 6.21. The van der Waals surface area contributed by atoms with Crippen molar-refractivity contribution in [3.05, 3.63) is 34.9 Å². The lowest BCUT2D eigenvalue weighted by molar-refractivity contribution is -0.136. The number of amides is 3. The topological polar surface area (TPSA) is 105 Å². The van der Waals surface area contributed by atoms with Gasteiger partial charge in [0.15, 0.2) is 0 Å². The fourth-order valence-corrected chi connectivity index (χ4v) is 4.51. The van der Waals surface area contributed by atoms with Crippen LogP contribution >= 0.6 is 0 Å². The smallest absolute Gasteiger partial charge is 0.255 e. The van der Waals surface area contributed by atoms with Gasteiger partial charge >= 0.3 is 0 Å². The maximum atomic E-state index is 12.9. The Morgan fingerprint density at radius 2 is 2.00 bits per heavy atom. The summed E-state index contributed by atoms with van der Waals surface area (Å²) in [7, 11) is 0. The number of carbonyl (C=O) groups excluding carboxylic acids is 3. The number of hydrogen-bond acceptors (Lipinski definition) is 5. The molecule has 0 aromatic heterocycles. The second kappa shape index (κ2) is 7.05. The summed E-state index contributed by atoms with van der Waals surface area (Å²) < 4.78 is 0. The molecule has 7 heteroatoms. The SMILES string of the molecule is NCC1(NCc2ccc3c(c2)C(=O)N(C2CCC(=O)NC2=O)C3)CCCC1. The summed E-state index contributed by atoms with van der Waals surface area (Å²) in [4.78, 5) is 37.9. The maximum absolute atomic E-state index is 12.9. The first-order valence-corrected chi connectivity index (χ1v) is 9.73. The highest BCUT2D eigenvalue weighted by atomic mass is 16.2. The second-order valence-electron chi connectivity index (χ2n) is 7.94. The fourth-order valence-electron chi connectivity index (χ4n) is 4.51. The second-order valence-corrected chi connectivity index (χ2v) is 7.94. The fraction of sp³-hybridized carbons (Fsp3) is 0.550. The van der Waals surface area contributed by atoms with E-state index < -0.39 is 6.04 Å². The van der Waals surface area contributed by atoms with Crippen molar-refractivity contribution in [3.8, 4) is 0 Å². The number of nitrogens with one attached hydrogen (secondary N) is 2. The summed E-state index contributed by atoms with van der Waals surface area (Å²) in [6, 6.07) is 5.37. The van der Waals surface area contributed by atoms with Crippen LogP contribution in [0.25, 0.3) is 0 Å². The average molecular weight is 370 g/mol. The van der Waals surface area contributed by atoms with Crippen molar-refractivity contribution in [2.75, 3.05) is 6.54 Å². The maximum Gasteiger partial charge on any atom is 0.255 e. The molecule has 0 spiro atoms. The summed E-state index contributed by atoms with van der Waals surface area (Å²) in [6.07, 6.45) is 5.25. The van der Waals surface area contributed by atoms with Crippen molar-refractivity contribution in [2.45, 2.75) is 63.2 Å². The number of piperidine rings is 1. The van der Waals surface area contributed by atoms with Crippen LogP contribution in [0.3, 0.4) is 0 Å². The summed E-state index contributed by atoms with van der Waals surface area (Å²) in [6.45, 7) is 1.72. The van der Waals surface area contributed by atoms with Crippen molar-refractivity contribution in [3.63, 3.8) is 0 Å². The van der Waals surface area contributed by atoms with Gasteiger partial charge in [0.05, 0.1) is 0 Å². The third-order valence-electron chi connectivity index (χ3n) is 6.21. The van der Waals surface area contributed by atoms with E-state index in [0.717, 1.165) is 24.0 Å². The predicted molar refractivity (Wildman–Crippen MR) is 99.6 cm³/mol. The van der Waals surface area contributed by atoms with Crippen LogP contribution in [-0.2, 0) is 22.7 Å². The monoisotopic (exact) mass is 370 g/mol. The van der Waals surface area contributed by atoms with E-state index in [1.54, 1.807) is 4.90 Å². The molecule has 2 heterocycles. The van der Waals surface area contributed by atoms with E-state index in [-0.39, 0.29) is 29.7 Å². The van der Waals surface area contributed by atoms with Crippen molar-refractivity contribution in [1.29, 1.82) is 0 Å². The minimum Gasteiger partial charge on any atom is -0.329 e. The van der Waals surface area contributed by atoms with Gasteiger partial charge in [-0.15, -0.1) is 0 Å². The molecular weight excluding hydrogens is 344 g/mol. The highest BCUT2D eigenvalue weighted by molar-refractivity contribution is 6.05. The number of nitrogens with zero attached hydrogens (tertiary/aromatic N) is 1. The number of carbonyl (C=O) groups is 3. The molecular formula is C20H26N4O3. The lowest BCUT2D eigenvalue weighted by Gasteiger charge is -2.29. The van der Waals surface area contributed by atoms with Gasteiger partial charge in [-0.3, -0.25) is 19.7 Å². The normalized spacial score (nSPS) is 24.3. The van der Waals surface area contributed by atoms with E-state index in [0.29, 0.717) is 31.6 Å². The lowest BCUT2D eigenvalue weighted by Crippen LogP contribution is -2.52. The molecule has 0 radical (unpaired) electrons. The first-order chi connectivity index (χ1) is 13.0. The van der Waals surface area contributed by atoms with Gasteiger partial charge in [-0.1, -0.05) is 25.0 Å². The molecule has 1 atom stereocenters. The Labute approximate surface area is 158 Å². The Morgan fingerprint density at radius 3 is 2.70 bits per heavy atom. The molecule has 1 aromatic carbocycles. The number of benzene rings is 1. The number of hydrogen-bond donors (Lipinski definition) is 3. The van der Waals surface area contributed by atoms with Crippen LogP contribution in [0.1, 0.15) is 60.0 Å². The van der Waals surface area contributed by atoms with Gasteiger partial charge in [0.25, 0.3) is 5.91 Å². The molecule has 2 fully saturated rings. The molecule has 144 valence electrons. The minimum atomic E-state index is -0.567. The molecule has 1 aliphatic carbocycles. The molecule has 1 saturated heterocycles. The van der Waals surface area contributed by atoms with E-state index in [2.05, 4.69) is 10.6 Å². The van der Waals surface area contributed by atoms with Gasteiger partial charge in [-0.2, -0.15) is 0 Å². The number of fused-ring (bicyclic) bond motifs is 1. The number of imide groups is 1. The summed E-state index contributed by atoms with van der Waals surface area (Å²) >= 11 is 0. The van der Waals surface area contributed by atoms with Crippen molar-refractivity contribution < 1.29 is 14.4 Å². The van der Waals surface area contributed by atoms with Crippen molar-refractivity contribution in [2.24, 2.45) is 5.73 Å². The summed E-state index contributed by atoms with van der Waals surface area (Å²) in [5.74, 6) is -0.773. The lowest BCUT2D eigenvalue weighted by atomic mass is 9.97. The molecule has 7 nitrogen and oxygen atoms in total. The molecule has 4 rings (SSSR count). The van der Waals surface area contributed by atoms with Gasteiger partial charge in [0, 0.05) is 37.2 Å². The van der Waals surface area contributed by atoms with E-state index in [1.165, 1.54) is 12.8 Å². The van der Waals surface area contributed by atoms with Crippen LogP contribution in [-0.4, -0.2) is 40.7 Å². The number of rotatable bonds is 5. The Kier molecular flexibility index (Phi) is 4.74. The van der Waals surface area contributed by atoms with Crippen LogP contribution in [0.2, 0.25) is 0 Å². The van der Waals surface area contributed by atoms with Gasteiger partial charge in [0.1, 0.15) is 6.04 Å². The van der Waals surface area contributed by atoms with E-state index in [9.17, 15) is 14.4 Å². The Bertz CT molecular complexity index is 785. The van der Waals surface area contributed by atoms with Gasteiger partial charge in [-0.05, 0) is 36.5 Å². The summed E-state index contributed by atoms with van der Waals surface area (Å²) in [5.41, 5.74) is 8.64.